The van der Waals surface area contributed by atoms with Crippen LogP contribution in [0.3, 0.4) is 0 Å². The zero-order valence-corrected chi connectivity index (χ0v) is 12.1. The van der Waals surface area contributed by atoms with Gasteiger partial charge in [0, 0.05) is 5.56 Å². The molecule has 0 fully saturated rings. The van der Waals surface area contributed by atoms with Gasteiger partial charge in [0.1, 0.15) is 0 Å². The second kappa shape index (κ2) is 6.04. The van der Waals surface area contributed by atoms with E-state index in [2.05, 4.69) is 4.74 Å². The fourth-order valence-electron chi connectivity index (χ4n) is 2.28. The van der Waals surface area contributed by atoms with E-state index in [1.807, 2.05) is 26.0 Å². The van der Waals surface area contributed by atoms with E-state index in [-0.39, 0.29) is 11.1 Å². The molecule has 0 bridgehead atoms. The predicted octanol–water partition coefficient (Wildman–Crippen LogP) is 4.69. The highest BCUT2D eigenvalue weighted by molar-refractivity contribution is 5.90. The molecule has 0 amide bonds. The molecular formula is C17H16F2O2. The van der Waals surface area contributed by atoms with Gasteiger partial charge in [-0.15, -0.1) is 0 Å². The molecule has 2 rings (SSSR count). The lowest BCUT2D eigenvalue weighted by molar-refractivity contribution is 0.0600. The van der Waals surface area contributed by atoms with E-state index in [4.69, 9.17) is 0 Å². The Bertz CT molecular complexity index is 678. The van der Waals surface area contributed by atoms with Crippen LogP contribution in [-0.4, -0.2) is 13.1 Å². The molecule has 2 aromatic rings. The molecule has 4 heteroatoms. The quantitative estimate of drug-likeness (QED) is 0.766. The molecule has 0 aliphatic heterocycles. The van der Waals surface area contributed by atoms with Crippen LogP contribution in [0, 0.1) is 13.8 Å². The maximum Gasteiger partial charge on any atom is 0.337 e. The standard InChI is InChI=1S/C17H16F2O2/c1-10-5-4-6-13(11(10)2)14-8-7-12(17(20)21-3)9-15(14)16(18)19/h4-9,16H,1-3H3. The smallest absolute Gasteiger partial charge is 0.337 e. The van der Waals surface area contributed by atoms with Crippen LogP contribution in [0.25, 0.3) is 11.1 Å². The van der Waals surface area contributed by atoms with Crippen molar-refractivity contribution in [3.05, 3.63) is 58.7 Å². The number of hydrogen-bond acceptors (Lipinski definition) is 2. The molecule has 0 heterocycles. The zero-order chi connectivity index (χ0) is 15.6. The third-order valence-corrected chi connectivity index (χ3v) is 3.60. The maximum atomic E-state index is 13.3. The lowest BCUT2D eigenvalue weighted by atomic mass is 9.92. The van der Waals surface area contributed by atoms with Crippen molar-refractivity contribution >= 4 is 5.97 Å². The van der Waals surface area contributed by atoms with E-state index < -0.39 is 12.4 Å². The van der Waals surface area contributed by atoms with Gasteiger partial charge in [-0.2, -0.15) is 0 Å². The van der Waals surface area contributed by atoms with Crippen LogP contribution in [0.15, 0.2) is 36.4 Å². The van der Waals surface area contributed by atoms with Crippen molar-refractivity contribution in [1.82, 2.24) is 0 Å². The first-order valence-corrected chi connectivity index (χ1v) is 6.52. The van der Waals surface area contributed by atoms with E-state index >= 15 is 0 Å². The Kier molecular flexibility index (Phi) is 4.36. The van der Waals surface area contributed by atoms with Gasteiger partial charge in [0.2, 0.25) is 0 Å². The number of alkyl halides is 2. The Balaban J connectivity index is 2.63. The van der Waals surface area contributed by atoms with Crippen molar-refractivity contribution in [3.8, 4) is 11.1 Å². The highest BCUT2D eigenvalue weighted by Gasteiger charge is 2.18. The third kappa shape index (κ3) is 2.94. The summed E-state index contributed by atoms with van der Waals surface area (Å²) in [6.45, 7) is 3.83. The van der Waals surface area contributed by atoms with E-state index in [9.17, 15) is 13.6 Å². The average molecular weight is 290 g/mol. The minimum absolute atomic E-state index is 0.127. The summed E-state index contributed by atoms with van der Waals surface area (Å²) in [6, 6.07) is 9.84. The Morgan fingerprint density at radius 2 is 1.81 bits per heavy atom. The van der Waals surface area contributed by atoms with Gasteiger partial charge >= 0.3 is 5.97 Å². The third-order valence-electron chi connectivity index (χ3n) is 3.60. The molecule has 0 N–H and O–H groups in total. The number of methoxy groups -OCH3 is 1. The number of benzene rings is 2. The Labute approximate surface area is 122 Å². The Hall–Kier alpha value is -2.23. The van der Waals surface area contributed by atoms with Gasteiger partial charge < -0.3 is 4.74 Å². The molecule has 0 aromatic heterocycles. The van der Waals surface area contributed by atoms with E-state index in [0.717, 1.165) is 16.7 Å². The van der Waals surface area contributed by atoms with Crippen LogP contribution in [0.2, 0.25) is 0 Å². The molecule has 0 radical (unpaired) electrons. The van der Waals surface area contributed by atoms with Crippen LogP contribution in [0.1, 0.15) is 33.5 Å². The van der Waals surface area contributed by atoms with Crippen molar-refractivity contribution in [2.24, 2.45) is 0 Å². The normalized spacial score (nSPS) is 10.8. The molecule has 2 nitrogen and oxygen atoms in total. The number of halogens is 2. The van der Waals surface area contributed by atoms with Crippen molar-refractivity contribution in [1.29, 1.82) is 0 Å². The molecule has 0 aliphatic carbocycles. The minimum atomic E-state index is -2.66. The van der Waals surface area contributed by atoms with Crippen molar-refractivity contribution in [2.45, 2.75) is 20.3 Å². The van der Waals surface area contributed by atoms with Gasteiger partial charge in [0.25, 0.3) is 6.43 Å². The highest BCUT2D eigenvalue weighted by Crippen LogP contribution is 2.34. The van der Waals surface area contributed by atoms with E-state index in [0.29, 0.717) is 5.56 Å². The molecule has 0 unspecified atom stereocenters. The monoisotopic (exact) mass is 290 g/mol. The SMILES string of the molecule is COC(=O)c1ccc(-c2cccc(C)c2C)c(C(F)F)c1. The summed E-state index contributed by atoms with van der Waals surface area (Å²) in [5, 5.41) is 0. The summed E-state index contributed by atoms with van der Waals surface area (Å²) in [4.78, 5) is 11.5. The summed E-state index contributed by atoms with van der Waals surface area (Å²) in [5.74, 6) is -0.621. The average Bonchev–Trinajstić information content (AvgIpc) is 2.48. The summed E-state index contributed by atoms with van der Waals surface area (Å²) < 4.78 is 31.3. The number of carbonyl (C=O) groups is 1. The van der Waals surface area contributed by atoms with Crippen LogP contribution in [-0.2, 0) is 4.74 Å². The predicted molar refractivity (Wildman–Crippen MR) is 77.6 cm³/mol. The minimum Gasteiger partial charge on any atom is -0.465 e. The number of ether oxygens (including phenoxy) is 1. The number of hydrogen-bond donors (Lipinski definition) is 0. The molecule has 110 valence electrons. The molecule has 0 atom stereocenters. The first-order chi connectivity index (χ1) is 9.95. The lowest BCUT2D eigenvalue weighted by Crippen LogP contribution is -2.03. The van der Waals surface area contributed by atoms with Crippen LogP contribution < -0.4 is 0 Å². The number of carbonyl (C=O) groups excluding carboxylic acids is 1. The first kappa shape index (κ1) is 15.2. The fourth-order valence-corrected chi connectivity index (χ4v) is 2.28. The summed E-state index contributed by atoms with van der Waals surface area (Å²) in [7, 11) is 1.23. The number of aryl methyl sites for hydroxylation is 1. The second-order valence-corrected chi connectivity index (χ2v) is 4.84. The molecule has 0 saturated heterocycles. The van der Waals surface area contributed by atoms with Crippen LogP contribution >= 0.6 is 0 Å². The zero-order valence-electron chi connectivity index (χ0n) is 12.1. The molecule has 0 aliphatic rings. The largest absolute Gasteiger partial charge is 0.465 e. The number of rotatable bonds is 3. The fraction of sp³-hybridized carbons (Fsp3) is 0.235. The summed E-state index contributed by atoms with van der Waals surface area (Å²) in [5.41, 5.74) is 3.14. The van der Waals surface area contributed by atoms with Gasteiger partial charge in [0.05, 0.1) is 12.7 Å². The maximum absolute atomic E-state index is 13.3. The topological polar surface area (TPSA) is 26.3 Å². The summed E-state index contributed by atoms with van der Waals surface area (Å²) >= 11 is 0. The van der Waals surface area contributed by atoms with Crippen LogP contribution in [0.4, 0.5) is 8.78 Å². The van der Waals surface area contributed by atoms with Crippen LogP contribution in [0.5, 0.6) is 0 Å². The first-order valence-electron chi connectivity index (χ1n) is 6.52. The van der Waals surface area contributed by atoms with Gasteiger partial charge in [-0.3, -0.25) is 0 Å². The van der Waals surface area contributed by atoms with Crippen molar-refractivity contribution < 1.29 is 18.3 Å². The van der Waals surface area contributed by atoms with Gasteiger partial charge in [-0.05, 0) is 48.2 Å². The van der Waals surface area contributed by atoms with Crippen molar-refractivity contribution in [2.75, 3.05) is 7.11 Å². The highest BCUT2D eigenvalue weighted by atomic mass is 19.3. The van der Waals surface area contributed by atoms with E-state index in [1.165, 1.54) is 19.2 Å². The Morgan fingerprint density at radius 1 is 1.10 bits per heavy atom. The second-order valence-electron chi connectivity index (χ2n) is 4.84. The molecular weight excluding hydrogens is 274 g/mol. The Morgan fingerprint density at radius 3 is 2.43 bits per heavy atom. The van der Waals surface area contributed by atoms with Gasteiger partial charge in [0.15, 0.2) is 0 Å². The van der Waals surface area contributed by atoms with Gasteiger partial charge in [-0.1, -0.05) is 24.3 Å². The molecule has 21 heavy (non-hydrogen) atoms. The van der Waals surface area contributed by atoms with Crippen molar-refractivity contribution in [3.63, 3.8) is 0 Å². The van der Waals surface area contributed by atoms with E-state index in [1.54, 1.807) is 12.1 Å². The number of esters is 1. The molecule has 2 aromatic carbocycles. The van der Waals surface area contributed by atoms with Gasteiger partial charge in [-0.25, -0.2) is 13.6 Å². The molecule has 0 saturated carbocycles. The summed E-state index contributed by atoms with van der Waals surface area (Å²) in [6.07, 6.45) is -2.66. The lowest BCUT2D eigenvalue weighted by Gasteiger charge is -2.14. The molecule has 0 spiro atoms.